The molecule has 0 radical (unpaired) electrons. The van der Waals surface area contributed by atoms with Gasteiger partial charge in [-0.1, -0.05) is 12.1 Å². The third kappa shape index (κ3) is 3.30. The van der Waals surface area contributed by atoms with E-state index in [0.717, 1.165) is 31.6 Å². The Morgan fingerprint density at radius 1 is 0.850 bits per heavy atom. The van der Waals surface area contributed by atoms with Crippen LogP contribution in [0, 0.1) is 0 Å². The Labute approximate surface area is 140 Å². The van der Waals surface area contributed by atoms with Crippen molar-refractivity contribution < 1.29 is 9.47 Å². The molecule has 2 aromatic rings. The van der Waals surface area contributed by atoms with Crippen LogP contribution in [-0.2, 0) is 0 Å². The molecule has 0 atom stereocenters. The summed E-state index contributed by atoms with van der Waals surface area (Å²) in [5.41, 5.74) is 1.99. The molecular weight excluding hydrogens is 407 g/mol. The summed E-state index contributed by atoms with van der Waals surface area (Å²) in [4.78, 5) is 0. The van der Waals surface area contributed by atoms with E-state index in [1.807, 2.05) is 36.4 Å². The molecule has 0 aliphatic carbocycles. The molecular formula is C15H13Br2ClO2. The van der Waals surface area contributed by atoms with E-state index in [9.17, 15) is 0 Å². The van der Waals surface area contributed by atoms with E-state index in [1.54, 1.807) is 14.2 Å². The molecule has 0 unspecified atom stereocenters. The van der Waals surface area contributed by atoms with Crippen molar-refractivity contribution in [3.8, 4) is 11.5 Å². The number of benzene rings is 2. The zero-order valence-electron chi connectivity index (χ0n) is 11.0. The van der Waals surface area contributed by atoms with Crippen molar-refractivity contribution in [2.24, 2.45) is 0 Å². The first-order chi connectivity index (χ1) is 9.56. The maximum Gasteiger partial charge on any atom is 0.133 e. The van der Waals surface area contributed by atoms with Crippen LogP contribution in [0.2, 0.25) is 0 Å². The number of ether oxygens (including phenoxy) is 2. The van der Waals surface area contributed by atoms with Crippen molar-refractivity contribution in [2.75, 3.05) is 14.2 Å². The highest BCUT2D eigenvalue weighted by Crippen LogP contribution is 2.36. The zero-order chi connectivity index (χ0) is 14.7. The highest BCUT2D eigenvalue weighted by molar-refractivity contribution is 9.10. The van der Waals surface area contributed by atoms with Crippen LogP contribution in [0.25, 0.3) is 0 Å². The van der Waals surface area contributed by atoms with Crippen molar-refractivity contribution >= 4 is 43.5 Å². The first-order valence-electron chi connectivity index (χ1n) is 5.87. The smallest absolute Gasteiger partial charge is 0.133 e. The van der Waals surface area contributed by atoms with Gasteiger partial charge in [-0.15, -0.1) is 11.6 Å². The van der Waals surface area contributed by atoms with Gasteiger partial charge in [0.25, 0.3) is 0 Å². The van der Waals surface area contributed by atoms with Gasteiger partial charge < -0.3 is 9.47 Å². The second kappa shape index (κ2) is 6.83. The molecule has 0 saturated heterocycles. The topological polar surface area (TPSA) is 18.5 Å². The van der Waals surface area contributed by atoms with E-state index in [2.05, 4.69) is 31.9 Å². The van der Waals surface area contributed by atoms with Gasteiger partial charge >= 0.3 is 0 Å². The van der Waals surface area contributed by atoms with E-state index in [-0.39, 0.29) is 5.38 Å². The summed E-state index contributed by atoms with van der Waals surface area (Å²) in [5.74, 6) is 1.57. The quantitative estimate of drug-likeness (QED) is 0.603. The minimum Gasteiger partial charge on any atom is -0.496 e. The third-order valence-corrected chi connectivity index (χ3v) is 4.68. The van der Waals surface area contributed by atoms with Crippen LogP contribution in [0.5, 0.6) is 11.5 Å². The molecule has 0 aliphatic rings. The molecule has 0 heterocycles. The molecule has 5 heteroatoms. The van der Waals surface area contributed by atoms with Crippen molar-refractivity contribution in [3.05, 3.63) is 56.5 Å². The van der Waals surface area contributed by atoms with Gasteiger partial charge in [-0.05, 0) is 67.3 Å². The van der Waals surface area contributed by atoms with E-state index in [0.29, 0.717) is 0 Å². The number of rotatable bonds is 4. The minimum atomic E-state index is -0.237. The Hall–Kier alpha value is -0.710. The number of methoxy groups -OCH3 is 2. The predicted octanol–water partition coefficient (Wildman–Crippen LogP) is 5.56. The van der Waals surface area contributed by atoms with Gasteiger partial charge in [0.15, 0.2) is 0 Å². The Morgan fingerprint density at radius 3 is 1.55 bits per heavy atom. The number of hydrogen-bond donors (Lipinski definition) is 0. The van der Waals surface area contributed by atoms with E-state index in [4.69, 9.17) is 21.1 Å². The van der Waals surface area contributed by atoms with Gasteiger partial charge in [-0.25, -0.2) is 0 Å². The maximum atomic E-state index is 6.54. The molecule has 0 spiro atoms. The molecule has 2 nitrogen and oxygen atoms in total. The molecule has 106 valence electrons. The standard InChI is InChI=1S/C15H13Br2ClO2/c1-19-13-5-3-9(7-11(13)16)15(18)10-4-6-14(20-2)12(17)8-10/h3-8,15H,1-2H3. The van der Waals surface area contributed by atoms with Crippen LogP contribution >= 0.6 is 43.5 Å². The lowest BCUT2D eigenvalue weighted by molar-refractivity contribution is 0.412. The second-order valence-corrected chi connectivity index (χ2v) is 6.30. The van der Waals surface area contributed by atoms with Crippen molar-refractivity contribution in [2.45, 2.75) is 5.38 Å². The zero-order valence-corrected chi connectivity index (χ0v) is 14.9. The van der Waals surface area contributed by atoms with E-state index in [1.165, 1.54) is 0 Å². The number of halogens is 3. The Bertz CT molecular complexity index is 563. The molecule has 0 amide bonds. The lowest BCUT2D eigenvalue weighted by Gasteiger charge is -2.14. The normalized spacial score (nSPS) is 10.7. The summed E-state index contributed by atoms with van der Waals surface area (Å²) in [7, 11) is 3.27. The van der Waals surface area contributed by atoms with Crippen molar-refractivity contribution in [1.29, 1.82) is 0 Å². The maximum absolute atomic E-state index is 6.54. The van der Waals surface area contributed by atoms with Crippen LogP contribution in [0.1, 0.15) is 16.5 Å². The summed E-state index contributed by atoms with van der Waals surface area (Å²) in [5, 5.41) is -0.237. The monoisotopic (exact) mass is 418 g/mol. The van der Waals surface area contributed by atoms with Gasteiger partial charge in [0.2, 0.25) is 0 Å². The first kappa shape index (κ1) is 15.7. The first-order valence-corrected chi connectivity index (χ1v) is 7.90. The largest absolute Gasteiger partial charge is 0.496 e. The van der Waals surface area contributed by atoms with Gasteiger partial charge in [0.1, 0.15) is 11.5 Å². The summed E-state index contributed by atoms with van der Waals surface area (Å²) in [6, 6.07) is 11.6. The summed E-state index contributed by atoms with van der Waals surface area (Å²) < 4.78 is 12.2. The highest BCUT2D eigenvalue weighted by atomic mass is 79.9. The Balaban J connectivity index is 2.33. The summed E-state index contributed by atoms with van der Waals surface area (Å²) >= 11 is 13.5. The second-order valence-electron chi connectivity index (χ2n) is 4.15. The Morgan fingerprint density at radius 2 is 1.25 bits per heavy atom. The van der Waals surface area contributed by atoms with Crippen LogP contribution in [0.15, 0.2) is 45.3 Å². The van der Waals surface area contributed by atoms with Crippen molar-refractivity contribution in [1.82, 2.24) is 0 Å². The van der Waals surface area contributed by atoms with Crippen LogP contribution in [0.3, 0.4) is 0 Å². The average Bonchev–Trinajstić information content (AvgIpc) is 2.46. The van der Waals surface area contributed by atoms with Crippen LogP contribution < -0.4 is 9.47 Å². The summed E-state index contributed by atoms with van der Waals surface area (Å²) in [6.45, 7) is 0. The molecule has 20 heavy (non-hydrogen) atoms. The van der Waals surface area contributed by atoms with Gasteiger partial charge in [0.05, 0.1) is 28.5 Å². The molecule has 0 aromatic heterocycles. The lowest BCUT2D eigenvalue weighted by atomic mass is 10.0. The average molecular weight is 421 g/mol. The molecule has 2 rings (SSSR count). The van der Waals surface area contributed by atoms with Gasteiger partial charge in [-0.2, -0.15) is 0 Å². The molecule has 2 aromatic carbocycles. The van der Waals surface area contributed by atoms with E-state index < -0.39 is 0 Å². The fourth-order valence-corrected chi connectivity index (χ4v) is 3.26. The minimum absolute atomic E-state index is 0.237. The predicted molar refractivity (Wildman–Crippen MR) is 89.1 cm³/mol. The lowest BCUT2D eigenvalue weighted by Crippen LogP contribution is -1.95. The fourth-order valence-electron chi connectivity index (χ4n) is 1.87. The summed E-state index contributed by atoms with van der Waals surface area (Å²) in [6.07, 6.45) is 0. The van der Waals surface area contributed by atoms with Gasteiger partial charge in [-0.3, -0.25) is 0 Å². The molecule has 0 fully saturated rings. The molecule has 0 bridgehead atoms. The Kier molecular flexibility index (Phi) is 5.35. The molecule has 0 aliphatic heterocycles. The number of alkyl halides is 1. The highest BCUT2D eigenvalue weighted by Gasteiger charge is 2.14. The van der Waals surface area contributed by atoms with Crippen molar-refractivity contribution in [3.63, 3.8) is 0 Å². The SMILES string of the molecule is COc1ccc(C(Cl)c2ccc(OC)c(Br)c2)cc1Br. The number of hydrogen-bond acceptors (Lipinski definition) is 2. The van der Waals surface area contributed by atoms with Crippen LogP contribution in [0.4, 0.5) is 0 Å². The molecule has 0 saturated carbocycles. The van der Waals surface area contributed by atoms with Crippen LogP contribution in [-0.4, -0.2) is 14.2 Å². The molecule has 0 N–H and O–H groups in total. The fraction of sp³-hybridized carbons (Fsp3) is 0.200. The van der Waals surface area contributed by atoms with Gasteiger partial charge in [0, 0.05) is 0 Å². The van der Waals surface area contributed by atoms with E-state index >= 15 is 0 Å². The third-order valence-electron chi connectivity index (χ3n) is 2.94.